The van der Waals surface area contributed by atoms with Crippen molar-refractivity contribution in [1.29, 1.82) is 0 Å². The van der Waals surface area contributed by atoms with Gasteiger partial charge in [-0.2, -0.15) is 8.78 Å². The van der Waals surface area contributed by atoms with Gasteiger partial charge in [0.2, 0.25) is 5.78 Å². The van der Waals surface area contributed by atoms with Crippen LogP contribution < -0.4 is 5.32 Å². The van der Waals surface area contributed by atoms with Crippen molar-refractivity contribution in [2.75, 3.05) is 11.9 Å². The number of aromatic nitrogens is 3. The van der Waals surface area contributed by atoms with Crippen molar-refractivity contribution in [3.63, 3.8) is 0 Å². The van der Waals surface area contributed by atoms with Gasteiger partial charge in [0.25, 0.3) is 0 Å². The van der Waals surface area contributed by atoms with Crippen LogP contribution in [-0.4, -0.2) is 32.1 Å². The quantitative estimate of drug-likeness (QED) is 0.814. The van der Waals surface area contributed by atoms with Crippen LogP contribution in [0.25, 0.3) is 11.3 Å². The number of aryl methyl sites for hydroxylation is 1. The third kappa shape index (κ3) is 4.00. The molecule has 0 aliphatic rings. The lowest BCUT2D eigenvalue weighted by atomic mass is 10.2. The van der Waals surface area contributed by atoms with Gasteiger partial charge in [0, 0.05) is 11.8 Å². The zero-order chi connectivity index (χ0) is 16.3. The van der Waals surface area contributed by atoms with E-state index in [1.54, 1.807) is 0 Å². The summed E-state index contributed by atoms with van der Waals surface area (Å²) in [5.74, 6) is -1.65. The minimum absolute atomic E-state index is 0.148. The second-order valence-corrected chi connectivity index (χ2v) is 5.35. The second kappa shape index (κ2) is 6.39. The first kappa shape index (κ1) is 16.3. The summed E-state index contributed by atoms with van der Waals surface area (Å²) < 4.78 is 38.7. The van der Waals surface area contributed by atoms with E-state index in [1.807, 2.05) is 15.9 Å². The summed E-state index contributed by atoms with van der Waals surface area (Å²) in [5, 5.41) is 2.43. The molecular formula is C13H10BrF3N4O. The fourth-order valence-electron chi connectivity index (χ4n) is 1.49. The average Bonchev–Trinajstić information content (AvgIpc) is 2.47. The topological polar surface area (TPSA) is 67.8 Å². The van der Waals surface area contributed by atoms with Gasteiger partial charge in [-0.3, -0.25) is 14.8 Å². The van der Waals surface area contributed by atoms with Gasteiger partial charge in [0.1, 0.15) is 11.6 Å². The Kier molecular flexibility index (Phi) is 4.74. The van der Waals surface area contributed by atoms with Crippen molar-refractivity contribution >= 4 is 27.5 Å². The number of nitrogens with zero attached hydrogens (tertiary/aromatic N) is 3. The van der Waals surface area contributed by atoms with Gasteiger partial charge in [0.15, 0.2) is 0 Å². The lowest BCUT2D eigenvalue weighted by Gasteiger charge is -2.09. The Hall–Kier alpha value is -2.03. The molecule has 9 heteroatoms. The molecular weight excluding hydrogens is 365 g/mol. The number of Topliss-reactive ketones (excluding diaryl/α,β-unsaturated/α-hetero) is 1. The second-order valence-electron chi connectivity index (χ2n) is 4.35. The fourth-order valence-corrected chi connectivity index (χ4v) is 1.63. The first-order chi connectivity index (χ1) is 10.3. The molecule has 0 radical (unpaired) electrons. The molecule has 0 aliphatic heterocycles. The van der Waals surface area contributed by atoms with Crippen LogP contribution in [0.3, 0.4) is 0 Å². The van der Waals surface area contributed by atoms with Crippen LogP contribution in [0, 0.1) is 12.7 Å². The highest BCUT2D eigenvalue weighted by molar-refractivity contribution is 9.10. The summed E-state index contributed by atoms with van der Waals surface area (Å²) in [5.41, 5.74) is 1.07. The van der Waals surface area contributed by atoms with Crippen LogP contribution >= 0.6 is 15.9 Å². The van der Waals surface area contributed by atoms with Crippen LogP contribution in [0.15, 0.2) is 24.7 Å². The predicted molar refractivity (Wildman–Crippen MR) is 77.3 cm³/mol. The van der Waals surface area contributed by atoms with E-state index < -0.39 is 23.0 Å². The minimum Gasteiger partial charge on any atom is -0.361 e. The van der Waals surface area contributed by atoms with Crippen LogP contribution in [0.2, 0.25) is 0 Å². The Balaban J connectivity index is 2.07. The molecule has 0 saturated carbocycles. The van der Waals surface area contributed by atoms with Gasteiger partial charge in [-0.1, -0.05) is 0 Å². The molecule has 22 heavy (non-hydrogen) atoms. The van der Waals surface area contributed by atoms with E-state index in [4.69, 9.17) is 0 Å². The van der Waals surface area contributed by atoms with E-state index in [9.17, 15) is 18.0 Å². The van der Waals surface area contributed by atoms with E-state index in [1.165, 1.54) is 31.6 Å². The number of hydrogen-bond acceptors (Lipinski definition) is 5. The first-order valence-electron chi connectivity index (χ1n) is 6.06. The minimum atomic E-state index is -3.58. The van der Waals surface area contributed by atoms with E-state index in [-0.39, 0.29) is 11.5 Å². The number of hydrogen-bond donors (Lipinski definition) is 1. The normalized spacial score (nSPS) is 11.3. The third-order valence-corrected chi connectivity index (χ3v) is 3.16. The van der Waals surface area contributed by atoms with Gasteiger partial charge < -0.3 is 5.32 Å². The molecule has 0 aliphatic carbocycles. The largest absolute Gasteiger partial charge is 0.361 e. The average molecular weight is 375 g/mol. The molecule has 0 unspecified atom stereocenters. The van der Waals surface area contributed by atoms with Crippen molar-refractivity contribution < 1.29 is 18.0 Å². The monoisotopic (exact) mass is 374 g/mol. The summed E-state index contributed by atoms with van der Waals surface area (Å²) in [7, 11) is 0. The smallest absolute Gasteiger partial charge is 0.360 e. The fraction of sp³-hybridized carbons (Fsp3) is 0.231. The Morgan fingerprint density at radius 1 is 1.27 bits per heavy atom. The van der Waals surface area contributed by atoms with Gasteiger partial charge >= 0.3 is 4.83 Å². The molecule has 0 fully saturated rings. The van der Waals surface area contributed by atoms with Gasteiger partial charge in [-0.05, 0) is 28.9 Å². The van der Waals surface area contributed by atoms with E-state index >= 15 is 0 Å². The Morgan fingerprint density at radius 3 is 2.55 bits per heavy atom. The number of carbonyl (C=O) groups excluding carboxylic acids is 1. The molecule has 2 rings (SSSR count). The van der Waals surface area contributed by atoms with Crippen molar-refractivity contribution in [3.8, 4) is 11.3 Å². The number of nitrogens with one attached hydrogen (secondary N) is 1. The number of anilines is 1. The molecule has 116 valence electrons. The zero-order valence-electron chi connectivity index (χ0n) is 11.3. The van der Waals surface area contributed by atoms with Gasteiger partial charge in [-0.15, -0.1) is 0 Å². The van der Waals surface area contributed by atoms with Crippen LogP contribution in [0.4, 0.5) is 19.0 Å². The lowest BCUT2D eigenvalue weighted by Crippen LogP contribution is -2.28. The van der Waals surface area contributed by atoms with Crippen LogP contribution in [0.1, 0.15) is 5.69 Å². The highest BCUT2D eigenvalue weighted by Gasteiger charge is 2.34. The summed E-state index contributed by atoms with van der Waals surface area (Å²) in [6.07, 6.45) is 4.03. The zero-order valence-corrected chi connectivity index (χ0v) is 12.9. The van der Waals surface area contributed by atoms with Crippen molar-refractivity contribution in [2.24, 2.45) is 0 Å². The summed E-state index contributed by atoms with van der Waals surface area (Å²) >= 11 is 1.97. The number of carbonyl (C=O) groups is 1. The number of halogens is 4. The Morgan fingerprint density at radius 2 is 2.00 bits per heavy atom. The molecule has 0 bridgehead atoms. The van der Waals surface area contributed by atoms with E-state index in [0.717, 1.165) is 0 Å². The van der Waals surface area contributed by atoms with E-state index in [2.05, 4.69) is 20.3 Å². The molecule has 0 atom stereocenters. The predicted octanol–water partition coefficient (Wildman–Crippen LogP) is 2.95. The Labute approximate surface area is 132 Å². The number of rotatable bonds is 5. The van der Waals surface area contributed by atoms with Crippen LogP contribution in [-0.2, 0) is 4.79 Å². The third-order valence-electron chi connectivity index (χ3n) is 2.72. The molecule has 2 aromatic heterocycles. The molecule has 2 heterocycles. The Bertz CT molecular complexity index is 689. The van der Waals surface area contributed by atoms with Crippen molar-refractivity contribution in [3.05, 3.63) is 36.2 Å². The molecule has 5 nitrogen and oxygen atoms in total. The molecule has 0 amide bonds. The molecule has 0 spiro atoms. The maximum Gasteiger partial charge on any atom is 0.360 e. The number of pyridine rings is 1. The maximum absolute atomic E-state index is 13.4. The molecule has 0 aromatic carbocycles. The first-order valence-corrected chi connectivity index (χ1v) is 6.85. The van der Waals surface area contributed by atoms with Gasteiger partial charge in [-0.25, -0.2) is 9.37 Å². The summed E-state index contributed by atoms with van der Waals surface area (Å²) in [6.45, 7) is 0.932. The van der Waals surface area contributed by atoms with Crippen molar-refractivity contribution in [2.45, 2.75) is 11.8 Å². The number of ketones is 1. The lowest BCUT2D eigenvalue weighted by molar-refractivity contribution is -0.130. The SMILES string of the molecule is Cc1ncc(-c2cnc(NCC(=O)C(F)(F)Br)cn2)cc1F. The standard InChI is InChI=1S/C13H10BrF3N4O/c1-7-9(15)2-8(3-18-7)10-4-20-12(6-19-10)21-5-11(22)13(14,16)17/h2-4,6H,5H2,1H3,(H,20,21). The number of alkyl halides is 3. The van der Waals surface area contributed by atoms with E-state index in [0.29, 0.717) is 11.3 Å². The molecule has 1 N–H and O–H groups in total. The summed E-state index contributed by atoms with van der Waals surface area (Å²) in [4.78, 5) is 19.3. The highest BCUT2D eigenvalue weighted by Crippen LogP contribution is 2.23. The summed E-state index contributed by atoms with van der Waals surface area (Å²) in [6, 6.07) is 1.27. The molecule has 2 aromatic rings. The van der Waals surface area contributed by atoms with Crippen LogP contribution in [0.5, 0.6) is 0 Å². The maximum atomic E-state index is 13.4. The van der Waals surface area contributed by atoms with Crippen molar-refractivity contribution in [1.82, 2.24) is 15.0 Å². The van der Waals surface area contributed by atoms with Gasteiger partial charge in [0.05, 0.1) is 30.3 Å². The molecule has 0 saturated heterocycles. The highest BCUT2D eigenvalue weighted by atomic mass is 79.9.